The van der Waals surface area contributed by atoms with Gasteiger partial charge in [-0.1, -0.05) is 57.2 Å². The summed E-state index contributed by atoms with van der Waals surface area (Å²) in [6.07, 6.45) is -6.67. The van der Waals surface area contributed by atoms with Crippen LogP contribution in [0.4, 0.5) is 0 Å². The molecule has 2 aromatic rings. The minimum atomic E-state index is -2.03. The lowest BCUT2D eigenvalue weighted by Gasteiger charge is -2.64. The molecule has 0 aromatic heterocycles. The Morgan fingerprint density at radius 3 is 1.77 bits per heavy atom. The second-order valence-electron chi connectivity index (χ2n) is 14.8. The Kier molecular flexibility index (Phi) is 11.4. The van der Waals surface area contributed by atoms with Gasteiger partial charge in [0.1, 0.15) is 35.9 Å². The van der Waals surface area contributed by atoms with Crippen LogP contribution < -0.4 is 0 Å². The molecule has 0 amide bonds. The first kappa shape index (κ1) is 39.4. The summed E-state index contributed by atoms with van der Waals surface area (Å²) in [5.74, 6) is -6.74. The number of hydrogen-bond donors (Lipinski definition) is 0. The maximum absolute atomic E-state index is 14.2. The molecule has 0 radical (unpaired) electrons. The van der Waals surface area contributed by atoms with E-state index in [2.05, 4.69) is 0 Å². The first-order chi connectivity index (χ1) is 25.0. The molecule has 1 saturated heterocycles. The van der Waals surface area contributed by atoms with Crippen molar-refractivity contribution in [1.82, 2.24) is 0 Å². The van der Waals surface area contributed by atoms with Crippen molar-refractivity contribution in [2.24, 2.45) is 23.2 Å². The van der Waals surface area contributed by atoms with Crippen molar-refractivity contribution in [3.8, 4) is 0 Å². The Labute approximate surface area is 308 Å². The molecular weight excluding hydrogens is 688 g/mol. The van der Waals surface area contributed by atoms with Gasteiger partial charge >= 0.3 is 35.8 Å². The lowest BCUT2D eigenvalue weighted by atomic mass is 9.47. The third-order valence-corrected chi connectivity index (χ3v) is 10.9. The zero-order valence-electron chi connectivity index (χ0n) is 31.3. The molecule has 13 heteroatoms. The molecular formula is C40H48O13. The van der Waals surface area contributed by atoms with Crippen LogP contribution in [0.2, 0.25) is 0 Å². The molecule has 5 rings (SSSR count). The van der Waals surface area contributed by atoms with Crippen molar-refractivity contribution < 1.29 is 61.9 Å². The molecule has 0 unspecified atom stereocenters. The number of carbonyl (C=O) groups is 6. The van der Waals surface area contributed by atoms with Crippen molar-refractivity contribution in [1.29, 1.82) is 0 Å². The Balaban J connectivity index is 1.85. The van der Waals surface area contributed by atoms with E-state index in [1.807, 2.05) is 0 Å². The third kappa shape index (κ3) is 7.15. The molecule has 2 aromatic carbocycles. The molecule has 10 atom stereocenters. The quantitative estimate of drug-likeness (QED) is 0.223. The zero-order chi connectivity index (χ0) is 38.9. The van der Waals surface area contributed by atoms with Crippen LogP contribution >= 0.6 is 0 Å². The molecule has 3 fully saturated rings. The standard InChI is InChI=1S/C40H48O13/c1-9-22(2)35(44)51-31-30-33(48-25(5)42)40(53-38(30,7)8)23(3)20-29(50-36(45)27-16-12-10-13-17-27)32(52-37(46)28-18-14-11-15-19-28)39(40,21-47-24(4)41)34(31)49-26(6)43/h10-19,22-23,29-34H,9,20-21H2,1-8H3/t22-,23+,29-,30-,31+,32-,33+,34+,39-,40+/m0/s1. The van der Waals surface area contributed by atoms with Gasteiger partial charge in [-0.25, -0.2) is 9.59 Å². The van der Waals surface area contributed by atoms with E-state index < -0.39 is 107 Å². The van der Waals surface area contributed by atoms with Crippen LogP contribution in [0, 0.1) is 23.2 Å². The number of hydrogen-bond acceptors (Lipinski definition) is 13. The normalized spacial score (nSPS) is 31.5. The van der Waals surface area contributed by atoms with Crippen molar-refractivity contribution >= 4 is 35.8 Å². The molecule has 2 saturated carbocycles. The van der Waals surface area contributed by atoms with Gasteiger partial charge in [0.15, 0.2) is 12.2 Å². The third-order valence-electron chi connectivity index (χ3n) is 10.9. The highest BCUT2D eigenvalue weighted by Crippen LogP contribution is 2.68. The van der Waals surface area contributed by atoms with Gasteiger partial charge in [-0.05, 0) is 56.9 Å². The van der Waals surface area contributed by atoms with Gasteiger partial charge in [0.25, 0.3) is 0 Å². The van der Waals surface area contributed by atoms with E-state index in [0.717, 1.165) is 6.92 Å². The summed E-state index contributed by atoms with van der Waals surface area (Å²) < 4.78 is 44.2. The minimum absolute atomic E-state index is 0.00217. The SMILES string of the molecule is CC[C@H](C)C(=O)O[C@@H]1[C@H]2[C@@H](OC(C)=O)[C@]3(OC2(C)C)[C@H](C)C[C@H](OC(=O)c2ccccc2)[C@H](OC(=O)c2ccccc2)[C@@]3(COC(C)=O)[C@@H]1OC(C)=O. The van der Waals surface area contributed by atoms with Gasteiger partial charge in [-0.15, -0.1) is 0 Å². The van der Waals surface area contributed by atoms with Gasteiger partial charge < -0.3 is 33.2 Å². The summed E-state index contributed by atoms with van der Waals surface area (Å²) >= 11 is 0. The number of benzene rings is 2. The van der Waals surface area contributed by atoms with E-state index in [1.165, 1.54) is 26.0 Å². The van der Waals surface area contributed by atoms with E-state index in [1.54, 1.807) is 83.1 Å². The van der Waals surface area contributed by atoms with Gasteiger partial charge in [0.05, 0.1) is 28.6 Å². The first-order valence-corrected chi connectivity index (χ1v) is 17.9. The summed E-state index contributed by atoms with van der Waals surface area (Å²) in [7, 11) is 0. The molecule has 2 aliphatic carbocycles. The lowest BCUT2D eigenvalue weighted by molar-refractivity contribution is -0.328. The van der Waals surface area contributed by atoms with Gasteiger partial charge in [0, 0.05) is 20.8 Å². The highest BCUT2D eigenvalue weighted by atomic mass is 16.6. The van der Waals surface area contributed by atoms with E-state index in [4.69, 9.17) is 33.2 Å². The van der Waals surface area contributed by atoms with Crippen LogP contribution in [0.1, 0.15) is 88.9 Å². The molecule has 0 N–H and O–H groups in total. The van der Waals surface area contributed by atoms with Crippen molar-refractivity contribution in [2.45, 2.75) is 110 Å². The maximum Gasteiger partial charge on any atom is 0.338 e. The summed E-state index contributed by atoms with van der Waals surface area (Å²) in [5, 5.41) is 0. The Bertz CT molecular complexity index is 1710. The molecule has 1 heterocycles. The largest absolute Gasteiger partial charge is 0.465 e. The van der Waals surface area contributed by atoms with Crippen molar-refractivity contribution in [3.05, 3.63) is 71.8 Å². The lowest BCUT2D eigenvalue weighted by Crippen LogP contribution is -2.81. The number of esters is 6. The number of fused-ring (bicyclic) bond motifs is 1. The van der Waals surface area contributed by atoms with Crippen molar-refractivity contribution in [2.75, 3.05) is 6.61 Å². The summed E-state index contributed by atoms with van der Waals surface area (Å²) in [5.41, 5.74) is -4.69. The van der Waals surface area contributed by atoms with E-state index in [0.29, 0.717) is 6.42 Å². The first-order valence-electron chi connectivity index (χ1n) is 17.9. The summed E-state index contributed by atoms with van der Waals surface area (Å²) in [6, 6.07) is 16.2. The van der Waals surface area contributed by atoms with Gasteiger partial charge in [-0.2, -0.15) is 0 Å². The van der Waals surface area contributed by atoms with E-state index in [-0.39, 0.29) is 17.5 Å². The maximum atomic E-state index is 14.2. The Morgan fingerprint density at radius 1 is 0.736 bits per heavy atom. The highest BCUT2D eigenvalue weighted by Gasteiger charge is 2.86. The number of rotatable bonds is 11. The monoisotopic (exact) mass is 736 g/mol. The highest BCUT2D eigenvalue weighted by molar-refractivity contribution is 5.90. The van der Waals surface area contributed by atoms with Crippen molar-refractivity contribution in [3.63, 3.8) is 0 Å². The summed E-state index contributed by atoms with van der Waals surface area (Å²) in [6.45, 7) is 11.6. The van der Waals surface area contributed by atoms with Crippen LogP contribution in [0.5, 0.6) is 0 Å². The Hall–Kier alpha value is -4.78. The molecule has 2 bridgehead atoms. The van der Waals surface area contributed by atoms with E-state index >= 15 is 0 Å². The second kappa shape index (κ2) is 15.3. The predicted molar refractivity (Wildman–Crippen MR) is 186 cm³/mol. The van der Waals surface area contributed by atoms with E-state index in [9.17, 15) is 28.8 Å². The molecule has 1 aliphatic heterocycles. The average Bonchev–Trinajstić information content (AvgIpc) is 3.30. The van der Waals surface area contributed by atoms with Gasteiger partial charge in [0.2, 0.25) is 0 Å². The second-order valence-corrected chi connectivity index (χ2v) is 14.8. The van der Waals surface area contributed by atoms with Crippen LogP contribution in [0.25, 0.3) is 0 Å². The molecule has 286 valence electrons. The van der Waals surface area contributed by atoms with Crippen LogP contribution in [0.3, 0.4) is 0 Å². The molecule has 3 aliphatic rings. The van der Waals surface area contributed by atoms with Crippen LogP contribution in [-0.4, -0.2) is 84.1 Å². The average molecular weight is 737 g/mol. The number of carbonyl (C=O) groups excluding carboxylic acids is 6. The molecule has 53 heavy (non-hydrogen) atoms. The Morgan fingerprint density at radius 2 is 1.26 bits per heavy atom. The topological polar surface area (TPSA) is 167 Å². The number of ether oxygens (including phenoxy) is 7. The predicted octanol–water partition coefficient (Wildman–Crippen LogP) is 5.03. The smallest absolute Gasteiger partial charge is 0.338 e. The molecule has 1 spiro atoms. The zero-order valence-corrected chi connectivity index (χ0v) is 31.3. The summed E-state index contributed by atoms with van der Waals surface area (Å²) in [4.78, 5) is 80.8. The fourth-order valence-corrected chi connectivity index (χ4v) is 8.60. The fourth-order valence-electron chi connectivity index (χ4n) is 8.60. The van der Waals surface area contributed by atoms with Crippen LogP contribution in [-0.2, 0) is 52.3 Å². The minimum Gasteiger partial charge on any atom is -0.465 e. The molecule has 13 nitrogen and oxygen atoms in total. The van der Waals surface area contributed by atoms with Gasteiger partial charge in [-0.3, -0.25) is 19.2 Å². The van der Waals surface area contributed by atoms with Crippen LogP contribution in [0.15, 0.2) is 60.7 Å². The fraction of sp³-hybridized carbons (Fsp3) is 0.550.